The molecule has 2 aliphatic carbocycles. The van der Waals surface area contributed by atoms with E-state index in [0.29, 0.717) is 0 Å². The maximum absolute atomic E-state index is 13.5. The number of amides is 1. The van der Waals surface area contributed by atoms with Crippen molar-refractivity contribution in [1.82, 2.24) is 5.32 Å². The van der Waals surface area contributed by atoms with E-state index in [4.69, 9.17) is 5.11 Å². The van der Waals surface area contributed by atoms with Gasteiger partial charge in [0.2, 0.25) is 5.92 Å². The monoisotopic (exact) mass is 315 g/mol. The highest BCUT2D eigenvalue weighted by Crippen LogP contribution is 2.49. The summed E-state index contributed by atoms with van der Waals surface area (Å²) in [5, 5.41) is 10.7. The number of carbonyl (C=O) groups excluding carboxylic acids is 1. The Bertz CT molecular complexity index is 433. The summed E-state index contributed by atoms with van der Waals surface area (Å²) in [6.45, 7) is 0. The lowest BCUT2D eigenvalue weighted by Crippen LogP contribution is -2.57. The first-order valence-electron chi connectivity index (χ1n) is 6.48. The van der Waals surface area contributed by atoms with E-state index in [1.54, 1.807) is 5.32 Å². The second kappa shape index (κ2) is 5.10. The summed E-state index contributed by atoms with van der Waals surface area (Å²) < 4.78 is 63.9. The predicted molar refractivity (Wildman–Crippen MR) is 59.5 cm³/mol. The molecule has 2 saturated carbocycles. The molecule has 4 nitrogen and oxygen atoms in total. The average Bonchev–Trinajstić information content (AvgIpc) is 2.27. The van der Waals surface area contributed by atoms with Gasteiger partial charge in [-0.2, -0.15) is 13.2 Å². The van der Waals surface area contributed by atoms with Crippen LogP contribution in [0.4, 0.5) is 22.0 Å². The molecule has 0 radical (unpaired) electrons. The van der Waals surface area contributed by atoms with Crippen molar-refractivity contribution in [2.75, 3.05) is 0 Å². The molecule has 0 heterocycles. The molecule has 21 heavy (non-hydrogen) atoms. The fourth-order valence-corrected chi connectivity index (χ4v) is 3.45. The Labute approximate surface area is 116 Å². The molecule has 0 spiro atoms. The van der Waals surface area contributed by atoms with Crippen LogP contribution in [0.1, 0.15) is 25.7 Å². The Balaban J connectivity index is 2.16. The molecule has 2 N–H and O–H groups in total. The van der Waals surface area contributed by atoms with Crippen molar-refractivity contribution >= 4 is 11.9 Å². The second-order valence-corrected chi connectivity index (χ2v) is 5.79. The number of nitrogens with one attached hydrogen (secondary N) is 1. The van der Waals surface area contributed by atoms with Crippen LogP contribution in [0.3, 0.4) is 0 Å². The maximum Gasteiger partial charge on any atom is 0.471 e. The van der Waals surface area contributed by atoms with Gasteiger partial charge in [0.05, 0.1) is 5.92 Å². The number of carboxylic acids is 1. The topological polar surface area (TPSA) is 66.4 Å². The summed E-state index contributed by atoms with van der Waals surface area (Å²) in [6.07, 6.45) is -6.78. The number of fused-ring (bicyclic) bond motifs is 2. The number of hydrogen-bond acceptors (Lipinski definition) is 2. The van der Waals surface area contributed by atoms with E-state index < -0.39 is 60.6 Å². The summed E-state index contributed by atoms with van der Waals surface area (Å²) in [7, 11) is 0. The standard InChI is InChI=1S/C12H14F5NO3/c13-11(14)3-6-1-5(9(19)20)2-7(4-11)8(6)18-10(21)12(15,16)17/h5-8H,1-4H2,(H,18,21)(H,19,20). The number of rotatable bonds is 2. The number of carboxylic acid groups (broad SMARTS) is 1. The van der Waals surface area contributed by atoms with Gasteiger partial charge in [-0.15, -0.1) is 0 Å². The van der Waals surface area contributed by atoms with E-state index in [1.165, 1.54) is 0 Å². The van der Waals surface area contributed by atoms with Crippen LogP contribution in [0.5, 0.6) is 0 Å². The predicted octanol–water partition coefficient (Wildman–Crippen LogP) is 2.19. The van der Waals surface area contributed by atoms with Gasteiger partial charge in [0.1, 0.15) is 0 Å². The van der Waals surface area contributed by atoms with Crippen LogP contribution in [0, 0.1) is 17.8 Å². The quantitative estimate of drug-likeness (QED) is 0.768. The lowest BCUT2D eigenvalue weighted by Gasteiger charge is -2.47. The normalized spacial score (nSPS) is 35.1. The molecule has 2 fully saturated rings. The molecule has 9 heteroatoms. The minimum atomic E-state index is -5.08. The van der Waals surface area contributed by atoms with Crippen molar-refractivity contribution in [3.05, 3.63) is 0 Å². The number of halogens is 5. The Hall–Kier alpha value is -1.41. The van der Waals surface area contributed by atoms with Crippen molar-refractivity contribution in [3.63, 3.8) is 0 Å². The van der Waals surface area contributed by atoms with Crippen molar-refractivity contribution in [3.8, 4) is 0 Å². The molecular weight excluding hydrogens is 301 g/mol. The summed E-state index contributed by atoms with van der Waals surface area (Å²) in [6, 6.07) is -1.05. The molecule has 1 amide bonds. The Morgan fingerprint density at radius 1 is 1.10 bits per heavy atom. The van der Waals surface area contributed by atoms with E-state index >= 15 is 0 Å². The van der Waals surface area contributed by atoms with E-state index in [0.717, 1.165) is 0 Å². The van der Waals surface area contributed by atoms with E-state index in [-0.39, 0.29) is 12.8 Å². The number of hydrogen-bond donors (Lipinski definition) is 2. The lowest BCUT2D eigenvalue weighted by molar-refractivity contribution is -0.179. The molecule has 2 rings (SSSR count). The van der Waals surface area contributed by atoms with Crippen molar-refractivity contribution in [2.24, 2.45) is 17.8 Å². The van der Waals surface area contributed by atoms with Crippen LogP contribution in [0.2, 0.25) is 0 Å². The highest BCUT2D eigenvalue weighted by Gasteiger charge is 2.53. The van der Waals surface area contributed by atoms with Crippen LogP contribution in [-0.4, -0.2) is 35.1 Å². The molecule has 0 aliphatic heterocycles. The van der Waals surface area contributed by atoms with Crippen LogP contribution in [0.25, 0.3) is 0 Å². The van der Waals surface area contributed by atoms with Crippen LogP contribution >= 0.6 is 0 Å². The first-order chi connectivity index (χ1) is 9.49. The lowest BCUT2D eigenvalue weighted by atomic mass is 9.63. The zero-order valence-electron chi connectivity index (χ0n) is 10.8. The van der Waals surface area contributed by atoms with Gasteiger partial charge in [0.25, 0.3) is 0 Å². The van der Waals surface area contributed by atoms with Crippen molar-refractivity contribution in [1.29, 1.82) is 0 Å². The molecule has 2 unspecified atom stereocenters. The highest BCUT2D eigenvalue weighted by molar-refractivity contribution is 5.82. The van der Waals surface area contributed by atoms with Crippen LogP contribution in [-0.2, 0) is 9.59 Å². The molecule has 2 atom stereocenters. The Morgan fingerprint density at radius 2 is 1.57 bits per heavy atom. The third-order valence-electron chi connectivity index (χ3n) is 4.22. The van der Waals surface area contributed by atoms with Gasteiger partial charge >= 0.3 is 18.1 Å². The first-order valence-corrected chi connectivity index (χ1v) is 6.48. The first kappa shape index (κ1) is 16.0. The van der Waals surface area contributed by atoms with Crippen molar-refractivity contribution < 1.29 is 36.6 Å². The SMILES string of the molecule is O=C(O)C1CC2CC(F)(F)CC(C1)C2NC(=O)C(F)(F)F. The minimum Gasteiger partial charge on any atom is -0.481 e. The molecule has 0 aromatic heterocycles. The summed E-state index contributed by atoms with van der Waals surface area (Å²) >= 11 is 0. The molecule has 120 valence electrons. The van der Waals surface area contributed by atoms with Gasteiger partial charge in [-0.1, -0.05) is 0 Å². The Morgan fingerprint density at radius 3 is 1.95 bits per heavy atom. The van der Waals surface area contributed by atoms with Gasteiger partial charge in [0, 0.05) is 18.9 Å². The maximum atomic E-state index is 13.5. The molecule has 0 saturated heterocycles. The average molecular weight is 315 g/mol. The van der Waals surface area contributed by atoms with Gasteiger partial charge in [-0.25, -0.2) is 8.78 Å². The summed E-state index contributed by atoms with van der Waals surface area (Å²) in [5.41, 5.74) is 0. The molecular formula is C12H14F5NO3. The molecule has 2 aliphatic rings. The fourth-order valence-electron chi connectivity index (χ4n) is 3.45. The number of aliphatic carboxylic acids is 1. The van der Waals surface area contributed by atoms with E-state index in [1.807, 2.05) is 0 Å². The third kappa shape index (κ3) is 3.44. The smallest absolute Gasteiger partial charge is 0.471 e. The van der Waals surface area contributed by atoms with E-state index in [2.05, 4.69) is 0 Å². The Kier molecular flexibility index (Phi) is 3.88. The van der Waals surface area contributed by atoms with E-state index in [9.17, 15) is 31.5 Å². The largest absolute Gasteiger partial charge is 0.481 e. The zero-order chi connectivity index (χ0) is 16.0. The van der Waals surface area contributed by atoms with Crippen molar-refractivity contribution in [2.45, 2.75) is 43.8 Å². The van der Waals surface area contributed by atoms with Crippen LogP contribution in [0.15, 0.2) is 0 Å². The van der Waals surface area contributed by atoms with Gasteiger partial charge in [-0.3, -0.25) is 9.59 Å². The molecule has 0 aromatic carbocycles. The second-order valence-electron chi connectivity index (χ2n) is 5.79. The summed E-state index contributed by atoms with van der Waals surface area (Å²) in [4.78, 5) is 22.0. The number of alkyl halides is 5. The van der Waals surface area contributed by atoms with Gasteiger partial charge in [0.15, 0.2) is 0 Å². The fraction of sp³-hybridized carbons (Fsp3) is 0.833. The van der Waals surface area contributed by atoms with Gasteiger partial charge in [-0.05, 0) is 24.7 Å². The highest BCUT2D eigenvalue weighted by atomic mass is 19.4. The third-order valence-corrected chi connectivity index (χ3v) is 4.22. The van der Waals surface area contributed by atoms with Crippen LogP contribution < -0.4 is 5.32 Å². The number of carbonyl (C=O) groups is 2. The summed E-state index contributed by atoms with van der Waals surface area (Å²) in [5.74, 6) is -9.11. The minimum absolute atomic E-state index is 0.149. The molecule has 0 aromatic rings. The molecule has 2 bridgehead atoms. The van der Waals surface area contributed by atoms with Gasteiger partial charge < -0.3 is 10.4 Å². The zero-order valence-corrected chi connectivity index (χ0v) is 10.8.